The van der Waals surface area contributed by atoms with Gasteiger partial charge in [0.1, 0.15) is 5.76 Å². The van der Waals surface area contributed by atoms with Crippen LogP contribution in [0.3, 0.4) is 0 Å². The summed E-state index contributed by atoms with van der Waals surface area (Å²) in [6.07, 6.45) is 2.17. The number of nitrogens with one attached hydrogen (secondary N) is 1. The van der Waals surface area contributed by atoms with Crippen molar-refractivity contribution in [3.05, 3.63) is 17.0 Å². The van der Waals surface area contributed by atoms with Gasteiger partial charge in [-0.25, -0.2) is 0 Å². The summed E-state index contributed by atoms with van der Waals surface area (Å²) in [6, 6.07) is -0.270. The van der Waals surface area contributed by atoms with Gasteiger partial charge in [-0.15, -0.1) is 0 Å². The molecule has 6 nitrogen and oxygen atoms in total. The number of nitrogens with zero attached hydrogens (tertiary/aromatic N) is 1. The van der Waals surface area contributed by atoms with Crippen LogP contribution in [0.5, 0.6) is 0 Å². The largest absolute Gasteiger partial charge is 0.391 e. The number of amides is 1. The highest BCUT2D eigenvalue weighted by Crippen LogP contribution is 2.24. The topological polar surface area (TPSA) is 101 Å². The highest BCUT2D eigenvalue weighted by molar-refractivity contribution is 5.79. The maximum atomic E-state index is 11.9. The summed E-state index contributed by atoms with van der Waals surface area (Å²) >= 11 is 0. The molecule has 1 fully saturated rings. The second-order valence-electron chi connectivity index (χ2n) is 5.60. The van der Waals surface area contributed by atoms with Gasteiger partial charge >= 0.3 is 0 Å². The van der Waals surface area contributed by atoms with Crippen LogP contribution in [-0.2, 0) is 11.2 Å². The van der Waals surface area contributed by atoms with Crippen LogP contribution in [0.4, 0.5) is 0 Å². The number of aliphatic hydroxyl groups excluding tert-OH is 1. The Morgan fingerprint density at radius 1 is 1.50 bits per heavy atom. The van der Waals surface area contributed by atoms with Gasteiger partial charge in [-0.2, -0.15) is 0 Å². The van der Waals surface area contributed by atoms with Gasteiger partial charge < -0.3 is 20.7 Å². The molecule has 1 heterocycles. The molecule has 1 aromatic heterocycles. The Balaban J connectivity index is 1.70. The highest BCUT2D eigenvalue weighted by Gasteiger charge is 2.34. The molecular formula is C14H23N3O3. The van der Waals surface area contributed by atoms with Crippen LogP contribution in [0.2, 0.25) is 0 Å². The summed E-state index contributed by atoms with van der Waals surface area (Å²) in [4.78, 5) is 11.9. The summed E-state index contributed by atoms with van der Waals surface area (Å²) < 4.78 is 5.10. The number of hydrogen-bond acceptors (Lipinski definition) is 5. The van der Waals surface area contributed by atoms with Crippen molar-refractivity contribution >= 4 is 5.91 Å². The zero-order valence-electron chi connectivity index (χ0n) is 12.1. The van der Waals surface area contributed by atoms with Crippen molar-refractivity contribution in [1.82, 2.24) is 10.5 Å². The maximum Gasteiger partial charge on any atom is 0.223 e. The van der Waals surface area contributed by atoms with Gasteiger partial charge in [0.05, 0.1) is 11.8 Å². The summed E-state index contributed by atoms with van der Waals surface area (Å²) in [5, 5.41) is 16.4. The van der Waals surface area contributed by atoms with E-state index in [2.05, 4.69) is 10.5 Å². The minimum atomic E-state index is -0.548. The number of aliphatic hydroxyl groups is 1. The molecule has 20 heavy (non-hydrogen) atoms. The lowest BCUT2D eigenvalue weighted by Gasteiger charge is -2.10. The first kappa shape index (κ1) is 15.0. The standard InChI is InChI=1S/C14H23N3O3/c1-8-11(9(2)20-17-8)4-3-5-16-14(19)10-6-12(15)13(18)7-10/h10,12-13,18H,3-7,15H2,1-2H3,(H,16,19)/t10-,12-,13-/m0/s1. The molecule has 0 aromatic carbocycles. The molecule has 1 saturated carbocycles. The average Bonchev–Trinajstić information content (AvgIpc) is 2.90. The summed E-state index contributed by atoms with van der Waals surface area (Å²) in [5.74, 6) is 0.688. The molecule has 0 spiro atoms. The average molecular weight is 281 g/mol. The molecule has 1 aliphatic carbocycles. The zero-order chi connectivity index (χ0) is 14.7. The van der Waals surface area contributed by atoms with Crippen LogP contribution in [-0.4, -0.2) is 34.9 Å². The molecule has 6 heteroatoms. The smallest absolute Gasteiger partial charge is 0.223 e. The number of carbonyl (C=O) groups excluding carboxylic acids is 1. The normalized spacial score (nSPS) is 25.9. The molecule has 1 aliphatic rings. The van der Waals surface area contributed by atoms with Gasteiger partial charge in [0, 0.05) is 24.1 Å². The van der Waals surface area contributed by atoms with E-state index in [4.69, 9.17) is 10.3 Å². The van der Waals surface area contributed by atoms with Crippen molar-refractivity contribution in [2.24, 2.45) is 11.7 Å². The van der Waals surface area contributed by atoms with Crippen LogP contribution < -0.4 is 11.1 Å². The number of nitrogens with two attached hydrogens (primary N) is 1. The minimum absolute atomic E-state index is 0.00392. The Hall–Kier alpha value is -1.40. The predicted molar refractivity (Wildman–Crippen MR) is 74.0 cm³/mol. The van der Waals surface area contributed by atoms with E-state index in [1.54, 1.807) is 0 Å². The fraction of sp³-hybridized carbons (Fsp3) is 0.714. The monoisotopic (exact) mass is 281 g/mol. The molecule has 0 radical (unpaired) electrons. The van der Waals surface area contributed by atoms with Crippen molar-refractivity contribution in [2.75, 3.05) is 6.54 Å². The Morgan fingerprint density at radius 3 is 2.80 bits per heavy atom. The molecule has 0 saturated heterocycles. The number of hydrogen-bond donors (Lipinski definition) is 3. The van der Waals surface area contributed by atoms with Crippen LogP contribution in [0.25, 0.3) is 0 Å². The Bertz CT molecular complexity index is 443. The molecule has 0 unspecified atom stereocenters. The third kappa shape index (κ3) is 3.37. The molecule has 0 aliphatic heterocycles. The first-order valence-corrected chi connectivity index (χ1v) is 7.12. The Morgan fingerprint density at radius 2 is 2.25 bits per heavy atom. The first-order valence-electron chi connectivity index (χ1n) is 7.12. The lowest BCUT2D eigenvalue weighted by atomic mass is 10.1. The van der Waals surface area contributed by atoms with E-state index in [-0.39, 0.29) is 17.9 Å². The van der Waals surface area contributed by atoms with Gasteiger partial charge in [-0.05, 0) is 39.5 Å². The fourth-order valence-electron chi connectivity index (χ4n) is 2.74. The van der Waals surface area contributed by atoms with Crippen molar-refractivity contribution in [3.63, 3.8) is 0 Å². The van der Waals surface area contributed by atoms with E-state index in [0.29, 0.717) is 19.4 Å². The second kappa shape index (κ2) is 6.37. The zero-order valence-corrected chi connectivity index (χ0v) is 12.1. The molecule has 2 rings (SSSR count). The SMILES string of the molecule is Cc1noc(C)c1CCCNC(=O)[C@H]1C[C@H](N)[C@@H](O)C1. The molecular weight excluding hydrogens is 258 g/mol. The van der Waals surface area contributed by atoms with Gasteiger partial charge in [-0.1, -0.05) is 5.16 Å². The van der Waals surface area contributed by atoms with E-state index in [9.17, 15) is 9.90 Å². The van der Waals surface area contributed by atoms with Crippen molar-refractivity contribution in [3.8, 4) is 0 Å². The second-order valence-corrected chi connectivity index (χ2v) is 5.60. The van der Waals surface area contributed by atoms with Gasteiger partial charge in [0.15, 0.2) is 0 Å². The molecule has 1 aromatic rings. The van der Waals surface area contributed by atoms with Crippen molar-refractivity contribution in [1.29, 1.82) is 0 Å². The third-order valence-electron chi connectivity index (χ3n) is 4.03. The van der Waals surface area contributed by atoms with Crippen LogP contribution in [0.1, 0.15) is 36.3 Å². The van der Waals surface area contributed by atoms with E-state index in [1.165, 1.54) is 0 Å². The fourth-order valence-corrected chi connectivity index (χ4v) is 2.74. The van der Waals surface area contributed by atoms with Crippen LogP contribution in [0, 0.1) is 19.8 Å². The van der Waals surface area contributed by atoms with E-state index < -0.39 is 6.10 Å². The van der Waals surface area contributed by atoms with E-state index in [0.717, 1.165) is 29.9 Å². The molecule has 0 bridgehead atoms. The number of aromatic nitrogens is 1. The molecule has 4 N–H and O–H groups in total. The first-order chi connectivity index (χ1) is 9.49. The molecule has 3 atom stereocenters. The minimum Gasteiger partial charge on any atom is -0.391 e. The summed E-state index contributed by atoms with van der Waals surface area (Å²) in [5.41, 5.74) is 7.75. The Kier molecular flexibility index (Phi) is 4.77. The van der Waals surface area contributed by atoms with Gasteiger partial charge in [0.25, 0.3) is 0 Å². The van der Waals surface area contributed by atoms with Gasteiger partial charge in [-0.3, -0.25) is 4.79 Å². The molecule has 1 amide bonds. The number of aryl methyl sites for hydroxylation is 2. The third-order valence-corrected chi connectivity index (χ3v) is 4.03. The van der Waals surface area contributed by atoms with E-state index >= 15 is 0 Å². The number of carbonyl (C=O) groups is 1. The summed E-state index contributed by atoms with van der Waals surface area (Å²) in [7, 11) is 0. The van der Waals surface area contributed by atoms with Crippen molar-refractivity contribution in [2.45, 2.75) is 51.7 Å². The van der Waals surface area contributed by atoms with Gasteiger partial charge in [0.2, 0.25) is 5.91 Å². The summed E-state index contributed by atoms with van der Waals surface area (Å²) in [6.45, 7) is 4.44. The lowest BCUT2D eigenvalue weighted by Crippen LogP contribution is -2.31. The highest BCUT2D eigenvalue weighted by atomic mass is 16.5. The lowest BCUT2D eigenvalue weighted by molar-refractivity contribution is -0.125. The Labute approximate surface area is 118 Å². The van der Waals surface area contributed by atoms with E-state index in [1.807, 2.05) is 13.8 Å². The van der Waals surface area contributed by atoms with Crippen molar-refractivity contribution < 1.29 is 14.4 Å². The van der Waals surface area contributed by atoms with Crippen LogP contribution in [0.15, 0.2) is 4.52 Å². The maximum absolute atomic E-state index is 11.9. The number of rotatable bonds is 5. The predicted octanol–water partition coefficient (Wildman–Crippen LogP) is 0.438. The quantitative estimate of drug-likeness (QED) is 0.680. The van der Waals surface area contributed by atoms with Crippen LogP contribution >= 0.6 is 0 Å². The molecule has 112 valence electrons.